The number of esters is 1. The second-order valence-corrected chi connectivity index (χ2v) is 16.3. The summed E-state index contributed by atoms with van der Waals surface area (Å²) in [6, 6.07) is 0. The van der Waals surface area contributed by atoms with E-state index in [-0.39, 0.29) is 29.0 Å². The normalized spacial score (nSPS) is 37.6. The van der Waals surface area contributed by atoms with Crippen molar-refractivity contribution in [3.05, 3.63) is 0 Å². The van der Waals surface area contributed by atoms with Crippen molar-refractivity contribution in [3.63, 3.8) is 0 Å². The van der Waals surface area contributed by atoms with E-state index in [0.29, 0.717) is 22.9 Å². The quantitative estimate of drug-likeness (QED) is 0.183. The number of likely N-dealkylation sites (N-methyl/N-ethyl adjacent to an activating group) is 1. The molecule has 6 nitrogen and oxygen atoms in total. The summed E-state index contributed by atoms with van der Waals surface area (Å²) in [6.45, 7) is 20.9. The number of hydrogen-bond acceptors (Lipinski definition) is 6. The van der Waals surface area contributed by atoms with E-state index in [1.54, 1.807) is 13.8 Å². The Morgan fingerprint density at radius 1 is 1.07 bits per heavy atom. The molecule has 0 heterocycles. The molecule has 0 aliphatic heterocycles. The van der Waals surface area contributed by atoms with Crippen molar-refractivity contribution in [2.24, 2.45) is 39.4 Å². The Labute approximate surface area is 251 Å². The summed E-state index contributed by atoms with van der Waals surface area (Å²) in [5.41, 5.74) is 0.307. The Balaban J connectivity index is 1.51. The van der Waals surface area contributed by atoms with Crippen LogP contribution in [-0.4, -0.2) is 61.3 Å². The molecule has 9 atom stereocenters. The lowest BCUT2D eigenvalue weighted by Gasteiger charge is -2.60. The third kappa shape index (κ3) is 6.15. The fraction of sp³-hybridized carbons (Fsp3) is 0.971. The number of carbonyl (C=O) groups is 1. The smallest absolute Gasteiger partial charge is 0.303 e. The van der Waals surface area contributed by atoms with Gasteiger partial charge in [0, 0.05) is 13.5 Å². The molecule has 4 aliphatic carbocycles. The third-order valence-electron chi connectivity index (χ3n) is 12.5. The summed E-state index contributed by atoms with van der Waals surface area (Å²) in [6.07, 6.45) is 11.3. The molecule has 0 aromatic rings. The molecule has 0 aromatic heterocycles. The Kier molecular flexibility index (Phi) is 9.73. The first-order chi connectivity index (χ1) is 19.1. The zero-order chi connectivity index (χ0) is 30.4. The van der Waals surface area contributed by atoms with Crippen LogP contribution in [0.4, 0.5) is 0 Å². The van der Waals surface area contributed by atoms with Crippen LogP contribution in [0.3, 0.4) is 0 Å². The molecule has 4 rings (SSSR count). The van der Waals surface area contributed by atoms with Gasteiger partial charge in [-0.05, 0) is 125 Å². The zero-order valence-corrected chi connectivity index (χ0v) is 28.1. The minimum Gasteiger partial charge on any atom is -0.457 e. The highest BCUT2D eigenvalue weighted by Gasteiger charge is 2.79. The molecule has 0 saturated heterocycles. The van der Waals surface area contributed by atoms with E-state index in [4.69, 9.17) is 14.2 Å². The largest absolute Gasteiger partial charge is 0.457 e. The molecule has 0 radical (unpaired) electrons. The van der Waals surface area contributed by atoms with E-state index in [1.807, 2.05) is 7.05 Å². The molecule has 2 N–H and O–H groups in total. The minimum atomic E-state index is -1.17. The molecule has 238 valence electrons. The van der Waals surface area contributed by atoms with Crippen molar-refractivity contribution >= 4 is 5.97 Å². The highest BCUT2D eigenvalue weighted by atomic mass is 16.6. The standard InChI is InChI=1S/C35H63NO5/c1-11-12-27(30(33(8,9)38)41-24(3)37)40-23(2)21-26-25-13-14-28-32(6,7)29(39-20-19-36-10)15-16-35(28)22-34(25,35)18-17-31(26,4)5/h23,25-30,36,38H,11-22H2,1-10H3/t23-,25-,26?,27+,28?,29-,30-,34-,35?/m0/s1. The van der Waals surface area contributed by atoms with Crippen LogP contribution >= 0.6 is 0 Å². The minimum absolute atomic E-state index is 0.0339. The van der Waals surface area contributed by atoms with Crippen molar-refractivity contribution in [3.8, 4) is 0 Å². The van der Waals surface area contributed by atoms with Crippen LogP contribution in [0, 0.1) is 39.4 Å². The predicted octanol–water partition coefficient (Wildman–Crippen LogP) is 6.92. The molecule has 4 saturated carbocycles. The molecule has 0 amide bonds. The molecule has 3 unspecified atom stereocenters. The van der Waals surface area contributed by atoms with E-state index >= 15 is 0 Å². The second kappa shape index (κ2) is 12.0. The fourth-order valence-corrected chi connectivity index (χ4v) is 10.6. The van der Waals surface area contributed by atoms with Crippen LogP contribution in [0.2, 0.25) is 0 Å². The maximum absolute atomic E-state index is 11.9. The van der Waals surface area contributed by atoms with Gasteiger partial charge >= 0.3 is 5.97 Å². The van der Waals surface area contributed by atoms with Gasteiger partial charge in [-0.1, -0.05) is 41.0 Å². The lowest BCUT2D eigenvalue weighted by Crippen LogP contribution is -2.55. The maximum atomic E-state index is 11.9. The van der Waals surface area contributed by atoms with Gasteiger partial charge in [0.1, 0.15) is 0 Å². The topological polar surface area (TPSA) is 77.0 Å². The summed E-state index contributed by atoms with van der Waals surface area (Å²) in [5, 5.41) is 14.1. The number of carbonyl (C=O) groups excluding carboxylic acids is 1. The Hall–Kier alpha value is -0.690. The van der Waals surface area contributed by atoms with Gasteiger partial charge in [-0.3, -0.25) is 4.79 Å². The van der Waals surface area contributed by atoms with Crippen molar-refractivity contribution in [1.29, 1.82) is 0 Å². The average Bonchev–Trinajstić information content (AvgIpc) is 3.53. The highest BCUT2D eigenvalue weighted by molar-refractivity contribution is 5.66. The lowest BCUT2D eigenvalue weighted by atomic mass is 9.46. The number of ether oxygens (including phenoxy) is 3. The number of nitrogens with one attached hydrogen (secondary N) is 1. The first-order valence-electron chi connectivity index (χ1n) is 16.9. The van der Waals surface area contributed by atoms with Gasteiger partial charge < -0.3 is 24.6 Å². The molecular weight excluding hydrogens is 514 g/mol. The SMILES string of the molecule is CCC[C@@H](O[C@@H](C)CC1[C@@H]2CCC3C(C)(C)[C@@H](OCCNC)CCC34C[C@@]24CCC1(C)C)[C@H](OC(C)=O)C(C)(C)O. The van der Waals surface area contributed by atoms with Crippen LogP contribution in [0.25, 0.3) is 0 Å². The van der Waals surface area contributed by atoms with Gasteiger partial charge in [0.25, 0.3) is 0 Å². The van der Waals surface area contributed by atoms with E-state index < -0.39 is 11.7 Å². The zero-order valence-electron chi connectivity index (χ0n) is 28.1. The summed E-state index contributed by atoms with van der Waals surface area (Å²) < 4.78 is 18.9. The molecule has 0 aromatic carbocycles. The molecule has 4 aliphatic rings. The van der Waals surface area contributed by atoms with Gasteiger partial charge in [-0.15, -0.1) is 0 Å². The molecule has 41 heavy (non-hydrogen) atoms. The number of aliphatic hydroxyl groups is 1. The predicted molar refractivity (Wildman–Crippen MR) is 165 cm³/mol. The van der Waals surface area contributed by atoms with Crippen LogP contribution in [0.1, 0.15) is 127 Å². The Morgan fingerprint density at radius 2 is 1.78 bits per heavy atom. The van der Waals surface area contributed by atoms with Crippen LogP contribution in [0.15, 0.2) is 0 Å². The van der Waals surface area contributed by atoms with Gasteiger partial charge in [0.05, 0.1) is 30.5 Å². The summed E-state index contributed by atoms with van der Waals surface area (Å²) in [7, 11) is 2.00. The maximum Gasteiger partial charge on any atom is 0.303 e. The molecular formula is C35H63NO5. The summed E-state index contributed by atoms with van der Waals surface area (Å²) >= 11 is 0. The van der Waals surface area contributed by atoms with Gasteiger partial charge in [-0.25, -0.2) is 0 Å². The second-order valence-electron chi connectivity index (χ2n) is 16.3. The van der Waals surface area contributed by atoms with Crippen molar-refractivity contribution in [2.45, 2.75) is 157 Å². The highest BCUT2D eigenvalue weighted by Crippen LogP contribution is 2.86. The van der Waals surface area contributed by atoms with Crippen LogP contribution in [-0.2, 0) is 19.0 Å². The lowest BCUT2D eigenvalue weighted by molar-refractivity contribution is -0.189. The molecule has 2 spiro atoms. The number of rotatable bonds is 13. The first kappa shape index (κ1) is 33.2. The molecule has 4 fully saturated rings. The monoisotopic (exact) mass is 577 g/mol. The fourth-order valence-electron chi connectivity index (χ4n) is 10.6. The van der Waals surface area contributed by atoms with Crippen LogP contribution < -0.4 is 5.32 Å². The van der Waals surface area contributed by atoms with Crippen molar-refractivity contribution < 1.29 is 24.1 Å². The van der Waals surface area contributed by atoms with Crippen molar-refractivity contribution in [1.82, 2.24) is 5.32 Å². The molecule has 0 bridgehead atoms. The Bertz CT molecular complexity index is 911. The summed E-state index contributed by atoms with van der Waals surface area (Å²) in [4.78, 5) is 11.9. The van der Waals surface area contributed by atoms with Gasteiger partial charge in [0.15, 0.2) is 6.10 Å². The van der Waals surface area contributed by atoms with E-state index in [2.05, 4.69) is 46.9 Å². The van der Waals surface area contributed by atoms with Crippen molar-refractivity contribution in [2.75, 3.05) is 20.2 Å². The summed E-state index contributed by atoms with van der Waals surface area (Å²) in [5.74, 6) is 1.73. The Morgan fingerprint density at radius 3 is 2.39 bits per heavy atom. The van der Waals surface area contributed by atoms with E-state index in [9.17, 15) is 9.90 Å². The first-order valence-corrected chi connectivity index (χ1v) is 16.9. The van der Waals surface area contributed by atoms with Crippen LogP contribution in [0.5, 0.6) is 0 Å². The van der Waals surface area contributed by atoms with E-state index in [1.165, 1.54) is 51.9 Å². The number of hydrogen-bond donors (Lipinski definition) is 2. The third-order valence-corrected chi connectivity index (χ3v) is 12.5. The van der Waals surface area contributed by atoms with Gasteiger partial charge in [-0.2, -0.15) is 0 Å². The van der Waals surface area contributed by atoms with E-state index in [0.717, 1.165) is 44.2 Å². The average molecular weight is 578 g/mol. The van der Waals surface area contributed by atoms with Gasteiger partial charge in [0.2, 0.25) is 0 Å². The molecule has 6 heteroatoms.